The summed E-state index contributed by atoms with van der Waals surface area (Å²) in [5, 5.41) is 0.360. The van der Waals surface area contributed by atoms with Crippen molar-refractivity contribution in [1.29, 1.82) is 0 Å². The van der Waals surface area contributed by atoms with Gasteiger partial charge in [0.25, 0.3) is 0 Å². The molecule has 0 amide bonds. The van der Waals surface area contributed by atoms with Crippen molar-refractivity contribution >= 4 is 34.2 Å². The maximum atomic E-state index is 6.06. The van der Waals surface area contributed by atoms with Gasteiger partial charge in [0.2, 0.25) is 0 Å². The van der Waals surface area contributed by atoms with Crippen molar-refractivity contribution in [2.75, 3.05) is 0 Å². The highest BCUT2D eigenvalue weighted by molar-refractivity contribution is 14.1. The minimum atomic E-state index is 0.360. The van der Waals surface area contributed by atoms with Gasteiger partial charge in [-0.3, -0.25) is 0 Å². The number of benzene rings is 1. The second-order valence-corrected chi connectivity index (χ2v) is 5.39. The molecule has 0 nitrogen and oxygen atoms in total. The summed E-state index contributed by atoms with van der Waals surface area (Å²) < 4.78 is 1.30. The second-order valence-electron chi connectivity index (χ2n) is 3.52. The Morgan fingerprint density at radius 3 is 2.50 bits per heavy atom. The molecule has 0 saturated heterocycles. The lowest BCUT2D eigenvalue weighted by Crippen LogP contribution is -1.96. The molecule has 0 fully saturated rings. The van der Waals surface area contributed by atoms with Crippen molar-refractivity contribution in [3.05, 3.63) is 33.4 Å². The topological polar surface area (TPSA) is 0 Å². The third-order valence-electron chi connectivity index (χ3n) is 2.34. The first-order chi connectivity index (χ1) is 6.72. The summed E-state index contributed by atoms with van der Waals surface area (Å²) in [7, 11) is 0. The predicted octanol–water partition coefficient (Wildman–Crippen LogP) is 4.63. The van der Waals surface area contributed by atoms with E-state index in [1.807, 2.05) is 0 Å². The molecule has 0 aliphatic heterocycles. The van der Waals surface area contributed by atoms with Crippen molar-refractivity contribution in [1.82, 2.24) is 0 Å². The van der Waals surface area contributed by atoms with Gasteiger partial charge in [0.1, 0.15) is 0 Å². The summed E-state index contributed by atoms with van der Waals surface area (Å²) in [5.74, 6) is 0. The summed E-state index contributed by atoms with van der Waals surface area (Å²) >= 11 is 8.39. The van der Waals surface area contributed by atoms with E-state index in [0.717, 1.165) is 19.3 Å². The smallest absolute Gasteiger partial charge is 0.0333 e. The standard InChI is InChI=1S/C12H16ClI/c1-2-11(13)5-3-4-10-6-8-12(14)9-7-10/h6-9,11H,2-5H2,1H3. The third kappa shape index (κ3) is 4.65. The van der Waals surface area contributed by atoms with E-state index in [1.54, 1.807) is 0 Å². The van der Waals surface area contributed by atoms with Crippen LogP contribution in [0.25, 0.3) is 0 Å². The highest BCUT2D eigenvalue weighted by atomic mass is 127. The van der Waals surface area contributed by atoms with Crippen LogP contribution in [0.15, 0.2) is 24.3 Å². The van der Waals surface area contributed by atoms with Crippen LogP contribution in [0, 0.1) is 3.57 Å². The van der Waals surface area contributed by atoms with E-state index in [1.165, 1.54) is 15.6 Å². The van der Waals surface area contributed by atoms with Gasteiger partial charge in [-0.25, -0.2) is 0 Å². The second kappa shape index (κ2) is 6.67. The van der Waals surface area contributed by atoms with Gasteiger partial charge in [-0.05, 0) is 66.0 Å². The fraction of sp³-hybridized carbons (Fsp3) is 0.500. The Bertz CT molecular complexity index is 256. The average Bonchev–Trinajstić information content (AvgIpc) is 2.21. The third-order valence-corrected chi connectivity index (χ3v) is 3.59. The van der Waals surface area contributed by atoms with E-state index in [-0.39, 0.29) is 0 Å². The van der Waals surface area contributed by atoms with E-state index >= 15 is 0 Å². The zero-order valence-electron chi connectivity index (χ0n) is 8.47. The molecule has 0 heterocycles. The molecule has 0 aliphatic rings. The Kier molecular flexibility index (Phi) is 5.87. The van der Waals surface area contributed by atoms with Crippen LogP contribution in [0.3, 0.4) is 0 Å². The molecule has 1 aromatic carbocycles. The Labute approximate surface area is 105 Å². The quantitative estimate of drug-likeness (QED) is 0.547. The molecule has 2 heteroatoms. The highest BCUT2D eigenvalue weighted by Gasteiger charge is 2.00. The lowest BCUT2D eigenvalue weighted by molar-refractivity contribution is 0.674. The maximum absolute atomic E-state index is 6.06. The molecule has 1 unspecified atom stereocenters. The molecule has 0 bridgehead atoms. The molecule has 78 valence electrons. The number of halogens is 2. The lowest BCUT2D eigenvalue weighted by atomic mass is 10.1. The monoisotopic (exact) mass is 322 g/mol. The van der Waals surface area contributed by atoms with Gasteiger partial charge >= 0.3 is 0 Å². The fourth-order valence-electron chi connectivity index (χ4n) is 1.38. The molecule has 0 aromatic heterocycles. The van der Waals surface area contributed by atoms with Gasteiger partial charge in [0, 0.05) is 8.95 Å². The van der Waals surface area contributed by atoms with Gasteiger partial charge < -0.3 is 0 Å². The maximum Gasteiger partial charge on any atom is 0.0333 e. The molecule has 0 radical (unpaired) electrons. The van der Waals surface area contributed by atoms with Gasteiger partial charge in [-0.15, -0.1) is 11.6 Å². The van der Waals surface area contributed by atoms with Crippen LogP contribution in [0.1, 0.15) is 31.7 Å². The molecular weight excluding hydrogens is 306 g/mol. The largest absolute Gasteiger partial charge is 0.123 e. The van der Waals surface area contributed by atoms with Gasteiger partial charge in [0.05, 0.1) is 0 Å². The number of hydrogen-bond donors (Lipinski definition) is 0. The summed E-state index contributed by atoms with van der Waals surface area (Å²) in [6.45, 7) is 2.14. The van der Waals surface area contributed by atoms with Crippen molar-refractivity contribution in [3.8, 4) is 0 Å². The summed E-state index contributed by atoms with van der Waals surface area (Å²) in [5.41, 5.74) is 1.42. The Morgan fingerprint density at radius 2 is 1.93 bits per heavy atom. The van der Waals surface area contributed by atoms with E-state index in [9.17, 15) is 0 Å². The van der Waals surface area contributed by atoms with Crippen molar-refractivity contribution < 1.29 is 0 Å². The summed E-state index contributed by atoms with van der Waals surface area (Å²) in [6.07, 6.45) is 4.56. The van der Waals surface area contributed by atoms with Crippen LogP contribution in [0.2, 0.25) is 0 Å². The van der Waals surface area contributed by atoms with Gasteiger partial charge in [0.15, 0.2) is 0 Å². The number of rotatable bonds is 5. The molecule has 1 aromatic rings. The summed E-state index contributed by atoms with van der Waals surface area (Å²) in [6, 6.07) is 8.73. The van der Waals surface area contributed by atoms with Crippen molar-refractivity contribution in [2.45, 2.75) is 38.0 Å². The molecule has 0 aliphatic carbocycles. The Balaban J connectivity index is 2.28. The van der Waals surface area contributed by atoms with Crippen molar-refractivity contribution in [3.63, 3.8) is 0 Å². The molecule has 14 heavy (non-hydrogen) atoms. The van der Waals surface area contributed by atoms with Crippen LogP contribution in [0.5, 0.6) is 0 Å². The minimum absolute atomic E-state index is 0.360. The first-order valence-electron chi connectivity index (χ1n) is 5.11. The molecule has 1 atom stereocenters. The first kappa shape index (κ1) is 12.3. The normalized spacial score (nSPS) is 12.8. The molecular formula is C12H16ClI. The molecule has 0 spiro atoms. The number of alkyl halides is 1. The van der Waals surface area contributed by atoms with E-state index in [2.05, 4.69) is 53.8 Å². The van der Waals surface area contributed by atoms with E-state index < -0.39 is 0 Å². The average molecular weight is 323 g/mol. The Hall–Kier alpha value is 0.240. The van der Waals surface area contributed by atoms with Crippen LogP contribution in [-0.4, -0.2) is 5.38 Å². The van der Waals surface area contributed by atoms with Crippen LogP contribution < -0.4 is 0 Å². The molecule has 0 N–H and O–H groups in total. The zero-order chi connectivity index (χ0) is 10.4. The minimum Gasteiger partial charge on any atom is -0.123 e. The van der Waals surface area contributed by atoms with E-state index in [4.69, 9.17) is 11.6 Å². The number of aryl methyl sites for hydroxylation is 1. The van der Waals surface area contributed by atoms with Crippen LogP contribution in [-0.2, 0) is 6.42 Å². The predicted molar refractivity (Wildman–Crippen MR) is 72.0 cm³/mol. The fourth-order valence-corrected chi connectivity index (χ4v) is 1.90. The van der Waals surface area contributed by atoms with E-state index in [0.29, 0.717) is 5.38 Å². The van der Waals surface area contributed by atoms with Gasteiger partial charge in [-0.2, -0.15) is 0 Å². The summed E-state index contributed by atoms with van der Waals surface area (Å²) in [4.78, 5) is 0. The van der Waals surface area contributed by atoms with Crippen molar-refractivity contribution in [2.24, 2.45) is 0 Å². The molecule has 1 rings (SSSR count). The van der Waals surface area contributed by atoms with Gasteiger partial charge in [-0.1, -0.05) is 19.1 Å². The highest BCUT2D eigenvalue weighted by Crippen LogP contribution is 2.13. The SMILES string of the molecule is CCC(Cl)CCCc1ccc(I)cc1. The molecule has 0 saturated carbocycles. The zero-order valence-corrected chi connectivity index (χ0v) is 11.4. The number of hydrogen-bond acceptors (Lipinski definition) is 0. The lowest BCUT2D eigenvalue weighted by Gasteiger charge is -2.05. The van der Waals surface area contributed by atoms with Crippen LogP contribution in [0.4, 0.5) is 0 Å². The first-order valence-corrected chi connectivity index (χ1v) is 6.62. The Morgan fingerprint density at radius 1 is 1.29 bits per heavy atom. The van der Waals surface area contributed by atoms with Crippen LogP contribution >= 0.6 is 34.2 Å².